The monoisotopic (exact) mass is 383 g/mol. The van der Waals surface area contributed by atoms with Crippen LogP contribution in [0.5, 0.6) is 0 Å². The quantitative estimate of drug-likeness (QED) is 0.306. The molecule has 104 valence electrons. The van der Waals surface area contributed by atoms with Gasteiger partial charge in [-0.25, -0.2) is 0 Å². The van der Waals surface area contributed by atoms with Gasteiger partial charge in [-0.15, -0.1) is 35.3 Å². The molecule has 0 aliphatic carbocycles. The Balaban J connectivity index is 0.00000289. The van der Waals surface area contributed by atoms with Crippen molar-refractivity contribution < 1.29 is 5.11 Å². The zero-order valence-corrected chi connectivity index (χ0v) is 14.0. The predicted molar refractivity (Wildman–Crippen MR) is 88.7 cm³/mol. The molecular formula is C12H22IN3OS. The third kappa shape index (κ3) is 6.01. The fourth-order valence-corrected chi connectivity index (χ4v) is 2.13. The summed E-state index contributed by atoms with van der Waals surface area (Å²) in [4.78, 5) is 5.07. The van der Waals surface area contributed by atoms with E-state index in [0.717, 1.165) is 24.3 Å². The fourth-order valence-electron chi connectivity index (χ4n) is 1.35. The van der Waals surface area contributed by atoms with Crippen molar-refractivity contribution in [2.24, 2.45) is 10.7 Å². The summed E-state index contributed by atoms with van der Waals surface area (Å²) in [6.45, 7) is 4.98. The number of hydrogen-bond donors (Lipinski definition) is 3. The van der Waals surface area contributed by atoms with E-state index in [1.54, 1.807) is 6.92 Å². The average molecular weight is 383 g/mol. The van der Waals surface area contributed by atoms with Crippen LogP contribution in [0.15, 0.2) is 22.5 Å². The van der Waals surface area contributed by atoms with Gasteiger partial charge in [-0.2, -0.15) is 0 Å². The highest BCUT2D eigenvalue weighted by molar-refractivity contribution is 14.0. The number of unbranched alkanes of at least 4 members (excludes halogenated alkanes) is 1. The summed E-state index contributed by atoms with van der Waals surface area (Å²) in [6.07, 6.45) is 2.19. The predicted octanol–water partition coefficient (Wildman–Crippen LogP) is 2.28. The van der Waals surface area contributed by atoms with Crippen LogP contribution in [0.3, 0.4) is 0 Å². The van der Waals surface area contributed by atoms with Crippen molar-refractivity contribution in [3.8, 4) is 0 Å². The third-order valence-electron chi connectivity index (χ3n) is 2.45. The molecule has 0 fully saturated rings. The van der Waals surface area contributed by atoms with E-state index in [0.29, 0.717) is 5.96 Å². The summed E-state index contributed by atoms with van der Waals surface area (Å²) in [5.74, 6) is 0.398. The number of nitrogens with zero attached hydrogens (tertiary/aromatic N) is 1. The van der Waals surface area contributed by atoms with Crippen molar-refractivity contribution in [2.75, 3.05) is 13.1 Å². The molecule has 0 aliphatic rings. The molecule has 4 N–H and O–H groups in total. The number of rotatable bonds is 6. The molecule has 1 aromatic rings. The van der Waals surface area contributed by atoms with Gasteiger partial charge in [-0.3, -0.25) is 4.99 Å². The van der Waals surface area contributed by atoms with E-state index in [4.69, 9.17) is 5.73 Å². The molecule has 1 atom stereocenters. The minimum atomic E-state index is -0.939. The fraction of sp³-hybridized carbons (Fsp3) is 0.583. The maximum atomic E-state index is 10.2. The van der Waals surface area contributed by atoms with Gasteiger partial charge in [-0.05, 0) is 24.8 Å². The van der Waals surface area contributed by atoms with Gasteiger partial charge in [0.05, 0.1) is 6.54 Å². The number of guanidine groups is 1. The Hall–Kier alpha value is -0.340. The summed E-state index contributed by atoms with van der Waals surface area (Å²) >= 11 is 1.52. The van der Waals surface area contributed by atoms with Crippen LogP contribution in [-0.2, 0) is 5.60 Å². The second-order valence-electron chi connectivity index (χ2n) is 4.23. The number of halogens is 1. The zero-order valence-electron chi connectivity index (χ0n) is 10.8. The average Bonchev–Trinajstić information content (AvgIpc) is 2.81. The molecular weight excluding hydrogens is 361 g/mol. The molecule has 0 saturated carbocycles. The second-order valence-corrected chi connectivity index (χ2v) is 5.18. The van der Waals surface area contributed by atoms with Gasteiger partial charge < -0.3 is 16.2 Å². The first-order valence-corrected chi connectivity index (χ1v) is 6.74. The van der Waals surface area contributed by atoms with Gasteiger partial charge in [0.1, 0.15) is 5.60 Å². The molecule has 0 spiro atoms. The lowest BCUT2D eigenvalue weighted by molar-refractivity contribution is 0.0712. The Labute approximate surface area is 130 Å². The summed E-state index contributed by atoms with van der Waals surface area (Å²) in [7, 11) is 0. The number of aliphatic hydroxyl groups is 1. The summed E-state index contributed by atoms with van der Waals surface area (Å²) < 4.78 is 0. The van der Waals surface area contributed by atoms with Crippen LogP contribution in [0.25, 0.3) is 0 Å². The molecule has 0 aromatic carbocycles. The van der Waals surface area contributed by atoms with E-state index < -0.39 is 5.60 Å². The minimum absolute atomic E-state index is 0. The molecule has 1 aromatic heterocycles. The number of aliphatic imine (C=N–C) groups is 1. The van der Waals surface area contributed by atoms with Crippen LogP contribution in [0.4, 0.5) is 0 Å². The number of thiophene rings is 1. The van der Waals surface area contributed by atoms with Crippen LogP contribution in [-0.4, -0.2) is 24.2 Å². The van der Waals surface area contributed by atoms with E-state index in [1.165, 1.54) is 11.3 Å². The maximum absolute atomic E-state index is 10.2. The van der Waals surface area contributed by atoms with E-state index in [9.17, 15) is 5.11 Å². The largest absolute Gasteiger partial charge is 0.383 e. The number of nitrogens with two attached hydrogens (primary N) is 1. The SMILES string of the molecule is CCCCNC(N)=NCC(C)(O)c1cccs1.I. The smallest absolute Gasteiger partial charge is 0.188 e. The standard InChI is InChI=1S/C12H21N3OS.HI/c1-3-4-7-14-11(13)15-9-12(2,16)10-6-5-8-17-10;/h5-6,8,16H,3-4,7,9H2,1-2H3,(H3,13,14,15);1H. The topological polar surface area (TPSA) is 70.6 Å². The van der Waals surface area contributed by atoms with Crippen LogP contribution in [0.1, 0.15) is 31.6 Å². The van der Waals surface area contributed by atoms with Gasteiger partial charge >= 0.3 is 0 Å². The summed E-state index contributed by atoms with van der Waals surface area (Å²) in [6, 6.07) is 3.82. The van der Waals surface area contributed by atoms with Gasteiger partial charge in [0, 0.05) is 11.4 Å². The van der Waals surface area contributed by atoms with E-state index in [-0.39, 0.29) is 30.5 Å². The molecule has 0 radical (unpaired) electrons. The molecule has 18 heavy (non-hydrogen) atoms. The van der Waals surface area contributed by atoms with Gasteiger partial charge in [-0.1, -0.05) is 19.4 Å². The molecule has 0 amide bonds. The normalized spacial score (nSPS) is 14.7. The highest BCUT2D eigenvalue weighted by Gasteiger charge is 2.23. The Kier molecular flexibility index (Phi) is 8.54. The molecule has 4 nitrogen and oxygen atoms in total. The van der Waals surface area contributed by atoms with Crippen molar-refractivity contribution in [1.29, 1.82) is 0 Å². The molecule has 0 saturated heterocycles. The van der Waals surface area contributed by atoms with Crippen molar-refractivity contribution in [1.82, 2.24) is 5.32 Å². The van der Waals surface area contributed by atoms with Crippen LogP contribution in [0, 0.1) is 0 Å². The lowest BCUT2D eigenvalue weighted by Gasteiger charge is -2.19. The second kappa shape index (κ2) is 8.71. The first-order valence-electron chi connectivity index (χ1n) is 5.86. The van der Waals surface area contributed by atoms with Crippen LogP contribution < -0.4 is 11.1 Å². The van der Waals surface area contributed by atoms with Gasteiger partial charge in [0.25, 0.3) is 0 Å². The highest BCUT2D eigenvalue weighted by Crippen LogP contribution is 2.25. The summed E-state index contributed by atoms with van der Waals surface area (Å²) in [5.41, 5.74) is 4.77. The van der Waals surface area contributed by atoms with Crippen molar-refractivity contribution >= 4 is 41.3 Å². The highest BCUT2D eigenvalue weighted by atomic mass is 127. The third-order valence-corrected chi connectivity index (χ3v) is 3.57. The molecule has 6 heteroatoms. The number of nitrogens with one attached hydrogen (secondary N) is 1. The van der Waals surface area contributed by atoms with E-state index >= 15 is 0 Å². The van der Waals surface area contributed by atoms with Crippen molar-refractivity contribution in [3.63, 3.8) is 0 Å². The minimum Gasteiger partial charge on any atom is -0.383 e. The van der Waals surface area contributed by atoms with E-state index in [2.05, 4.69) is 17.2 Å². The first-order chi connectivity index (χ1) is 8.06. The Morgan fingerprint density at radius 2 is 2.33 bits per heavy atom. The molecule has 1 rings (SSSR count). The zero-order chi connectivity index (χ0) is 12.7. The van der Waals surface area contributed by atoms with E-state index in [1.807, 2.05) is 17.5 Å². The van der Waals surface area contributed by atoms with Crippen LogP contribution >= 0.6 is 35.3 Å². The van der Waals surface area contributed by atoms with Crippen LogP contribution in [0.2, 0.25) is 0 Å². The first kappa shape index (κ1) is 17.7. The number of hydrogen-bond acceptors (Lipinski definition) is 3. The Bertz CT molecular complexity index is 352. The van der Waals surface area contributed by atoms with Crippen molar-refractivity contribution in [3.05, 3.63) is 22.4 Å². The Morgan fingerprint density at radius 1 is 1.61 bits per heavy atom. The van der Waals surface area contributed by atoms with Gasteiger partial charge in [0.2, 0.25) is 0 Å². The van der Waals surface area contributed by atoms with Crippen molar-refractivity contribution in [2.45, 2.75) is 32.3 Å². The maximum Gasteiger partial charge on any atom is 0.188 e. The molecule has 0 aliphatic heterocycles. The lowest BCUT2D eigenvalue weighted by atomic mass is 10.1. The molecule has 1 heterocycles. The lowest BCUT2D eigenvalue weighted by Crippen LogP contribution is -2.34. The molecule has 1 unspecified atom stereocenters. The molecule has 0 bridgehead atoms. The Morgan fingerprint density at radius 3 is 2.89 bits per heavy atom. The summed E-state index contributed by atoms with van der Waals surface area (Å²) in [5, 5.41) is 15.2. The van der Waals surface area contributed by atoms with Gasteiger partial charge in [0.15, 0.2) is 5.96 Å².